The average Bonchev–Trinajstić information content (AvgIpc) is 2.46. The lowest BCUT2D eigenvalue weighted by Gasteiger charge is -2.38. The van der Waals surface area contributed by atoms with E-state index in [0.717, 1.165) is 31.6 Å². The Labute approximate surface area is 118 Å². The van der Waals surface area contributed by atoms with Gasteiger partial charge in [0.25, 0.3) is 0 Å². The van der Waals surface area contributed by atoms with Gasteiger partial charge in [0.1, 0.15) is 5.82 Å². The zero-order valence-electron chi connectivity index (χ0n) is 11.9. The highest BCUT2D eigenvalue weighted by molar-refractivity contribution is 6.02. The van der Waals surface area contributed by atoms with Crippen molar-refractivity contribution >= 4 is 11.5 Å². The van der Waals surface area contributed by atoms with Crippen LogP contribution in [0.25, 0.3) is 0 Å². The van der Waals surface area contributed by atoms with E-state index >= 15 is 0 Å². The molecule has 0 amide bonds. The van der Waals surface area contributed by atoms with Gasteiger partial charge in [-0.25, -0.2) is 4.39 Å². The first-order valence-corrected chi connectivity index (χ1v) is 6.71. The molecule has 2 rings (SSSR count). The molecule has 6 heteroatoms. The molecule has 3 N–H and O–H groups in total. The predicted molar refractivity (Wildman–Crippen MR) is 77.8 cm³/mol. The third-order valence-corrected chi connectivity index (χ3v) is 3.81. The molecule has 0 bridgehead atoms. The van der Waals surface area contributed by atoms with Crippen molar-refractivity contribution in [2.45, 2.75) is 18.9 Å². The van der Waals surface area contributed by atoms with Gasteiger partial charge in [0.2, 0.25) is 0 Å². The summed E-state index contributed by atoms with van der Waals surface area (Å²) in [4.78, 5) is 4.36. The van der Waals surface area contributed by atoms with E-state index in [9.17, 15) is 4.39 Å². The van der Waals surface area contributed by atoms with Gasteiger partial charge >= 0.3 is 0 Å². The van der Waals surface area contributed by atoms with Gasteiger partial charge in [0.05, 0.1) is 0 Å². The van der Waals surface area contributed by atoms with Crippen LogP contribution in [0.3, 0.4) is 0 Å². The summed E-state index contributed by atoms with van der Waals surface area (Å²) in [6.07, 6.45) is 2.21. The van der Waals surface area contributed by atoms with Crippen LogP contribution in [-0.2, 0) is 0 Å². The SMILES string of the molecule is CN(C)C1CCCN(c2ccc(F)cc2C(N)=NO)C1. The summed E-state index contributed by atoms with van der Waals surface area (Å²) in [5, 5.41) is 11.9. The maximum Gasteiger partial charge on any atom is 0.172 e. The molecule has 5 nitrogen and oxygen atoms in total. The van der Waals surface area contributed by atoms with E-state index in [2.05, 4.69) is 29.1 Å². The van der Waals surface area contributed by atoms with Gasteiger partial charge < -0.3 is 20.7 Å². The van der Waals surface area contributed by atoms with Crippen LogP contribution in [0.4, 0.5) is 10.1 Å². The van der Waals surface area contributed by atoms with Crippen LogP contribution in [0, 0.1) is 5.82 Å². The lowest BCUT2D eigenvalue weighted by Crippen LogP contribution is -2.45. The first-order valence-electron chi connectivity index (χ1n) is 6.71. The van der Waals surface area contributed by atoms with E-state index in [1.807, 2.05) is 0 Å². The number of amidine groups is 1. The van der Waals surface area contributed by atoms with Crippen LogP contribution in [0.5, 0.6) is 0 Å². The monoisotopic (exact) mass is 280 g/mol. The van der Waals surface area contributed by atoms with Crippen molar-refractivity contribution in [2.75, 3.05) is 32.1 Å². The fourth-order valence-electron chi connectivity index (χ4n) is 2.64. The molecule has 1 fully saturated rings. The van der Waals surface area contributed by atoms with Crippen LogP contribution in [-0.4, -0.2) is 49.2 Å². The van der Waals surface area contributed by atoms with Gasteiger partial charge in [-0.3, -0.25) is 0 Å². The highest BCUT2D eigenvalue weighted by atomic mass is 19.1. The normalized spacial score (nSPS) is 20.5. The Morgan fingerprint density at radius 3 is 2.90 bits per heavy atom. The molecule has 1 aliphatic rings. The molecule has 1 heterocycles. The van der Waals surface area contributed by atoms with Crippen molar-refractivity contribution in [1.82, 2.24) is 4.90 Å². The second-order valence-electron chi connectivity index (χ2n) is 5.35. The minimum atomic E-state index is -0.392. The summed E-state index contributed by atoms with van der Waals surface area (Å²) in [6.45, 7) is 1.74. The summed E-state index contributed by atoms with van der Waals surface area (Å²) < 4.78 is 13.4. The lowest BCUT2D eigenvalue weighted by atomic mass is 10.0. The molecule has 1 aliphatic heterocycles. The standard InChI is InChI=1S/C14H21FN4O/c1-18(2)11-4-3-7-19(9-11)13-6-5-10(15)8-12(13)14(16)17-20/h5-6,8,11,20H,3-4,7,9H2,1-2H3,(H2,16,17). The molecular weight excluding hydrogens is 259 g/mol. The van der Waals surface area contributed by atoms with E-state index in [1.165, 1.54) is 12.1 Å². The number of likely N-dealkylation sites (N-methyl/N-ethyl adjacent to an activating group) is 1. The third kappa shape index (κ3) is 3.01. The minimum absolute atomic E-state index is 0.0634. The van der Waals surface area contributed by atoms with Crippen molar-refractivity contribution in [3.05, 3.63) is 29.6 Å². The summed E-state index contributed by atoms with van der Waals surface area (Å²) in [5.74, 6) is -0.456. The fraction of sp³-hybridized carbons (Fsp3) is 0.500. The largest absolute Gasteiger partial charge is 0.409 e. The molecule has 0 spiro atoms. The fourth-order valence-corrected chi connectivity index (χ4v) is 2.64. The van der Waals surface area contributed by atoms with Gasteiger partial charge in [-0.15, -0.1) is 0 Å². The van der Waals surface area contributed by atoms with Crippen molar-refractivity contribution in [2.24, 2.45) is 10.9 Å². The minimum Gasteiger partial charge on any atom is -0.409 e. The molecule has 1 aromatic carbocycles. The van der Waals surface area contributed by atoms with Crippen LogP contribution < -0.4 is 10.6 Å². The third-order valence-electron chi connectivity index (χ3n) is 3.81. The molecule has 1 saturated heterocycles. The van der Waals surface area contributed by atoms with Crippen molar-refractivity contribution in [1.29, 1.82) is 0 Å². The Morgan fingerprint density at radius 1 is 1.50 bits per heavy atom. The quantitative estimate of drug-likeness (QED) is 0.381. The number of hydrogen-bond acceptors (Lipinski definition) is 4. The Kier molecular flexibility index (Phi) is 4.44. The van der Waals surface area contributed by atoms with E-state index in [0.29, 0.717) is 11.6 Å². The maximum absolute atomic E-state index is 13.4. The van der Waals surface area contributed by atoms with E-state index < -0.39 is 5.82 Å². The van der Waals surface area contributed by atoms with Crippen LogP contribution in [0.2, 0.25) is 0 Å². The molecule has 110 valence electrons. The van der Waals surface area contributed by atoms with Crippen molar-refractivity contribution < 1.29 is 9.60 Å². The number of nitrogens with two attached hydrogens (primary N) is 1. The molecular formula is C14H21FN4O. The van der Waals surface area contributed by atoms with Gasteiger partial charge in [-0.2, -0.15) is 0 Å². The molecule has 1 atom stereocenters. The molecule has 0 radical (unpaired) electrons. The number of piperidine rings is 1. The topological polar surface area (TPSA) is 65.1 Å². The van der Waals surface area contributed by atoms with Gasteiger partial charge in [-0.05, 0) is 45.1 Å². The molecule has 1 unspecified atom stereocenters. The predicted octanol–water partition coefficient (Wildman–Crippen LogP) is 1.45. The number of hydrogen-bond donors (Lipinski definition) is 2. The molecule has 20 heavy (non-hydrogen) atoms. The number of halogens is 1. The summed E-state index contributed by atoms with van der Waals surface area (Å²) in [6, 6.07) is 4.86. The molecule has 0 aromatic heterocycles. The Hall–Kier alpha value is -1.82. The zero-order chi connectivity index (χ0) is 14.7. The Balaban J connectivity index is 2.32. The number of anilines is 1. The number of oxime groups is 1. The first kappa shape index (κ1) is 14.6. The lowest BCUT2D eigenvalue weighted by molar-refractivity contribution is 0.258. The van der Waals surface area contributed by atoms with E-state index in [-0.39, 0.29) is 5.84 Å². The van der Waals surface area contributed by atoms with Crippen molar-refractivity contribution in [3.8, 4) is 0 Å². The number of benzene rings is 1. The second-order valence-corrected chi connectivity index (χ2v) is 5.35. The smallest absolute Gasteiger partial charge is 0.172 e. The van der Waals surface area contributed by atoms with Gasteiger partial charge in [0.15, 0.2) is 5.84 Å². The molecule has 1 aromatic rings. The van der Waals surface area contributed by atoms with Crippen LogP contribution in [0.15, 0.2) is 23.4 Å². The summed E-state index contributed by atoms with van der Waals surface area (Å²) >= 11 is 0. The molecule has 0 aliphatic carbocycles. The number of nitrogens with zero attached hydrogens (tertiary/aromatic N) is 3. The Morgan fingerprint density at radius 2 is 2.25 bits per heavy atom. The van der Waals surface area contributed by atoms with Gasteiger partial charge in [-0.1, -0.05) is 5.16 Å². The average molecular weight is 280 g/mol. The van der Waals surface area contributed by atoms with Crippen molar-refractivity contribution in [3.63, 3.8) is 0 Å². The number of rotatable bonds is 3. The zero-order valence-corrected chi connectivity index (χ0v) is 11.9. The van der Waals surface area contributed by atoms with E-state index in [4.69, 9.17) is 10.9 Å². The van der Waals surface area contributed by atoms with Gasteiger partial charge in [0, 0.05) is 30.4 Å². The van der Waals surface area contributed by atoms with Crippen LogP contribution in [0.1, 0.15) is 18.4 Å². The maximum atomic E-state index is 13.4. The Bertz CT molecular complexity index is 504. The van der Waals surface area contributed by atoms with E-state index in [1.54, 1.807) is 6.07 Å². The first-order chi connectivity index (χ1) is 9.52. The summed E-state index contributed by atoms with van der Waals surface area (Å²) in [5.41, 5.74) is 6.91. The van der Waals surface area contributed by atoms with Crippen LogP contribution >= 0.6 is 0 Å². The highest BCUT2D eigenvalue weighted by Crippen LogP contribution is 2.26. The highest BCUT2D eigenvalue weighted by Gasteiger charge is 2.24. The molecule has 0 saturated carbocycles. The second kappa shape index (κ2) is 6.09. The summed E-state index contributed by atoms with van der Waals surface area (Å²) in [7, 11) is 4.12.